The molecule has 0 aliphatic carbocycles. The van der Waals surface area contributed by atoms with Gasteiger partial charge in [-0.3, -0.25) is 14.9 Å². The second-order valence-electron chi connectivity index (χ2n) is 5.34. The molecular formula is C18H16N4O5S. The van der Waals surface area contributed by atoms with E-state index in [1.54, 1.807) is 48.8 Å². The van der Waals surface area contributed by atoms with Crippen LogP contribution in [0.4, 0.5) is 5.13 Å². The predicted octanol–water partition coefficient (Wildman–Crippen LogP) is 1.88. The smallest absolute Gasteiger partial charge is 0.362 e. The molecule has 0 fully saturated rings. The van der Waals surface area contributed by atoms with Gasteiger partial charge in [-0.25, -0.2) is 9.78 Å². The van der Waals surface area contributed by atoms with E-state index in [1.165, 1.54) is 11.3 Å². The van der Waals surface area contributed by atoms with Crippen LogP contribution in [0.1, 0.15) is 17.4 Å². The highest BCUT2D eigenvalue weighted by Gasteiger charge is 2.20. The first-order chi connectivity index (χ1) is 13.6. The molecule has 1 aromatic carbocycles. The van der Waals surface area contributed by atoms with Crippen molar-refractivity contribution in [3.8, 4) is 11.4 Å². The van der Waals surface area contributed by atoms with Gasteiger partial charge in [-0.15, -0.1) is 11.3 Å². The minimum Gasteiger partial charge on any atom is -0.481 e. The lowest BCUT2D eigenvalue weighted by molar-refractivity contribution is -0.118. The van der Waals surface area contributed by atoms with Crippen LogP contribution in [0.25, 0.3) is 5.69 Å². The van der Waals surface area contributed by atoms with E-state index in [0.717, 1.165) is 10.7 Å². The summed E-state index contributed by atoms with van der Waals surface area (Å²) < 4.78 is 11.4. The molecule has 0 aliphatic heterocycles. The number of anilines is 1. The van der Waals surface area contributed by atoms with Gasteiger partial charge in [0.1, 0.15) is 0 Å². The van der Waals surface area contributed by atoms with Crippen LogP contribution in [-0.2, 0) is 9.53 Å². The van der Waals surface area contributed by atoms with E-state index in [-0.39, 0.29) is 18.1 Å². The summed E-state index contributed by atoms with van der Waals surface area (Å²) in [6, 6.07) is 9.71. The van der Waals surface area contributed by atoms with Gasteiger partial charge in [-0.2, -0.15) is 9.78 Å². The van der Waals surface area contributed by atoms with E-state index in [2.05, 4.69) is 15.4 Å². The molecule has 0 atom stereocenters. The molecule has 3 aromatic rings. The molecule has 144 valence electrons. The summed E-state index contributed by atoms with van der Waals surface area (Å²) in [6.07, 6.45) is 1.55. The fourth-order valence-corrected chi connectivity index (χ4v) is 2.77. The SMILES string of the molecule is CCOC(=O)c1nn(-c2ccccc2)c(=O)cc1OCC(=O)Nc1nccs1. The Morgan fingerprint density at radius 1 is 1.25 bits per heavy atom. The molecular weight excluding hydrogens is 384 g/mol. The number of nitrogens with zero attached hydrogens (tertiary/aromatic N) is 3. The van der Waals surface area contributed by atoms with Crippen molar-refractivity contribution in [1.82, 2.24) is 14.8 Å². The van der Waals surface area contributed by atoms with Crippen LogP contribution >= 0.6 is 11.3 Å². The zero-order valence-corrected chi connectivity index (χ0v) is 15.6. The second-order valence-corrected chi connectivity index (χ2v) is 6.23. The van der Waals surface area contributed by atoms with Crippen LogP contribution in [0.5, 0.6) is 5.75 Å². The van der Waals surface area contributed by atoms with E-state index in [9.17, 15) is 14.4 Å². The summed E-state index contributed by atoms with van der Waals surface area (Å²) in [4.78, 5) is 40.6. The van der Waals surface area contributed by atoms with Crippen molar-refractivity contribution >= 4 is 28.3 Å². The fourth-order valence-electron chi connectivity index (χ4n) is 2.23. The van der Waals surface area contributed by atoms with Crippen LogP contribution in [0, 0.1) is 0 Å². The third kappa shape index (κ3) is 4.60. The molecule has 2 aromatic heterocycles. The van der Waals surface area contributed by atoms with Crippen molar-refractivity contribution in [1.29, 1.82) is 0 Å². The molecule has 28 heavy (non-hydrogen) atoms. The lowest BCUT2D eigenvalue weighted by Crippen LogP contribution is -2.27. The summed E-state index contributed by atoms with van der Waals surface area (Å²) in [5.41, 5.74) is -0.243. The van der Waals surface area contributed by atoms with Crippen molar-refractivity contribution in [3.05, 3.63) is 64.0 Å². The maximum Gasteiger partial charge on any atom is 0.362 e. The van der Waals surface area contributed by atoms with E-state index in [1.807, 2.05) is 0 Å². The van der Waals surface area contributed by atoms with Gasteiger partial charge >= 0.3 is 5.97 Å². The van der Waals surface area contributed by atoms with Gasteiger partial charge in [0, 0.05) is 11.6 Å². The van der Waals surface area contributed by atoms with E-state index >= 15 is 0 Å². The van der Waals surface area contributed by atoms with Gasteiger partial charge < -0.3 is 9.47 Å². The molecule has 0 unspecified atom stereocenters. The topological polar surface area (TPSA) is 112 Å². The van der Waals surface area contributed by atoms with Gasteiger partial charge in [0.05, 0.1) is 18.4 Å². The van der Waals surface area contributed by atoms with Crippen LogP contribution in [0.15, 0.2) is 52.8 Å². The Morgan fingerprint density at radius 2 is 2.04 bits per heavy atom. The average molecular weight is 400 g/mol. The molecule has 1 amide bonds. The van der Waals surface area contributed by atoms with Gasteiger partial charge in [0.15, 0.2) is 17.5 Å². The van der Waals surface area contributed by atoms with Crippen LogP contribution in [0.3, 0.4) is 0 Å². The number of para-hydroxylation sites is 1. The summed E-state index contributed by atoms with van der Waals surface area (Å²) >= 11 is 1.25. The zero-order chi connectivity index (χ0) is 19.9. The molecule has 3 rings (SSSR count). The first-order valence-electron chi connectivity index (χ1n) is 8.27. The molecule has 0 radical (unpaired) electrons. The quantitative estimate of drug-likeness (QED) is 0.603. The summed E-state index contributed by atoms with van der Waals surface area (Å²) in [5.74, 6) is -1.38. The highest BCUT2D eigenvalue weighted by molar-refractivity contribution is 7.13. The van der Waals surface area contributed by atoms with E-state index in [0.29, 0.717) is 10.8 Å². The molecule has 0 aliphatic rings. The standard InChI is InChI=1S/C18H16N4O5S/c1-2-26-17(25)16-13(27-11-14(23)20-18-19-8-9-28-18)10-15(24)22(21-16)12-6-4-3-5-7-12/h3-10H,2,11H2,1H3,(H,19,20,23). The van der Waals surface area contributed by atoms with Crippen LogP contribution in [-0.4, -0.2) is 39.9 Å². The summed E-state index contributed by atoms with van der Waals surface area (Å²) in [5, 5.41) is 8.74. The molecule has 10 heteroatoms. The number of esters is 1. The maximum atomic E-state index is 12.4. The van der Waals surface area contributed by atoms with Crippen LogP contribution < -0.4 is 15.6 Å². The maximum absolute atomic E-state index is 12.4. The Kier molecular flexibility index (Phi) is 6.12. The number of hydrogen-bond acceptors (Lipinski definition) is 8. The number of hydrogen-bond donors (Lipinski definition) is 1. The molecule has 1 N–H and O–H groups in total. The van der Waals surface area contributed by atoms with Crippen molar-refractivity contribution in [2.24, 2.45) is 0 Å². The lowest BCUT2D eigenvalue weighted by atomic mass is 10.3. The Balaban J connectivity index is 1.86. The molecule has 0 saturated carbocycles. The molecule has 0 saturated heterocycles. The fraction of sp³-hybridized carbons (Fsp3) is 0.167. The first-order valence-corrected chi connectivity index (χ1v) is 9.15. The largest absolute Gasteiger partial charge is 0.481 e. The third-order valence-corrected chi connectivity index (χ3v) is 4.09. The van der Waals surface area contributed by atoms with Crippen molar-refractivity contribution in [3.63, 3.8) is 0 Å². The number of ether oxygens (including phenoxy) is 2. The minimum absolute atomic E-state index is 0.120. The molecule has 9 nitrogen and oxygen atoms in total. The number of thiazole rings is 1. The molecule has 0 spiro atoms. The molecule has 0 bridgehead atoms. The number of aromatic nitrogens is 3. The monoisotopic (exact) mass is 400 g/mol. The number of amides is 1. The number of rotatable bonds is 7. The van der Waals surface area contributed by atoms with Crippen molar-refractivity contribution < 1.29 is 19.1 Å². The van der Waals surface area contributed by atoms with Crippen molar-refractivity contribution in [2.45, 2.75) is 6.92 Å². The minimum atomic E-state index is -0.762. The second kappa shape index (κ2) is 8.91. The van der Waals surface area contributed by atoms with Gasteiger partial charge in [0.2, 0.25) is 5.69 Å². The summed E-state index contributed by atoms with van der Waals surface area (Å²) in [7, 11) is 0. The lowest BCUT2D eigenvalue weighted by Gasteiger charge is -2.12. The Hall–Kier alpha value is -3.53. The van der Waals surface area contributed by atoms with Crippen LogP contribution in [0.2, 0.25) is 0 Å². The number of carbonyl (C=O) groups excluding carboxylic acids is 2. The average Bonchev–Trinajstić information content (AvgIpc) is 3.20. The highest BCUT2D eigenvalue weighted by atomic mass is 32.1. The first kappa shape index (κ1) is 19.2. The number of carbonyl (C=O) groups is 2. The zero-order valence-electron chi connectivity index (χ0n) is 14.8. The van der Waals surface area contributed by atoms with Gasteiger partial charge in [-0.1, -0.05) is 18.2 Å². The predicted molar refractivity (Wildman–Crippen MR) is 102 cm³/mol. The van der Waals surface area contributed by atoms with Gasteiger partial charge in [-0.05, 0) is 19.1 Å². The Labute approximate surface area is 163 Å². The molecule has 2 heterocycles. The Morgan fingerprint density at radius 3 is 2.71 bits per heavy atom. The highest BCUT2D eigenvalue weighted by Crippen LogP contribution is 2.17. The number of nitrogens with one attached hydrogen (secondary N) is 1. The van der Waals surface area contributed by atoms with Crippen molar-refractivity contribution in [2.75, 3.05) is 18.5 Å². The summed E-state index contributed by atoms with van der Waals surface area (Å²) in [6.45, 7) is 1.34. The number of benzene rings is 1. The normalized spacial score (nSPS) is 10.3. The Bertz CT molecular complexity index is 1020. The van der Waals surface area contributed by atoms with Gasteiger partial charge in [0.25, 0.3) is 11.5 Å². The third-order valence-electron chi connectivity index (χ3n) is 3.40. The van der Waals surface area contributed by atoms with E-state index in [4.69, 9.17) is 9.47 Å². The van der Waals surface area contributed by atoms with E-state index < -0.39 is 24.0 Å².